The second-order valence-corrected chi connectivity index (χ2v) is 7.40. The van der Waals surface area contributed by atoms with Crippen LogP contribution in [0.1, 0.15) is 35.7 Å². The van der Waals surface area contributed by atoms with E-state index in [9.17, 15) is 13.2 Å². The zero-order chi connectivity index (χ0) is 17.2. The van der Waals surface area contributed by atoms with Crippen LogP contribution < -0.4 is 4.31 Å². The fraction of sp³-hybridized carbons (Fsp3) is 0.250. The van der Waals surface area contributed by atoms with Crippen LogP contribution in [0.5, 0.6) is 0 Å². The number of carbonyl (C=O) groups is 1. The lowest BCUT2D eigenvalue weighted by Crippen LogP contribution is -2.26. The van der Waals surface area contributed by atoms with Crippen LogP contribution in [-0.4, -0.2) is 31.5 Å². The molecule has 2 aromatic rings. The third-order valence-electron chi connectivity index (χ3n) is 3.54. The normalized spacial score (nSPS) is 11.5. The molecule has 0 atom stereocenters. The minimum absolute atomic E-state index is 0.159. The second kappa shape index (κ2) is 6.37. The largest absolute Gasteiger partial charge is 0.478 e. The Morgan fingerprint density at radius 2 is 1.78 bits per heavy atom. The molecular formula is C16H18N2O4S. The van der Waals surface area contributed by atoms with E-state index < -0.39 is 16.0 Å². The number of rotatable bonds is 5. The van der Waals surface area contributed by atoms with Crippen molar-refractivity contribution in [3.05, 3.63) is 53.9 Å². The molecule has 0 spiro atoms. The number of hydrogen-bond acceptors (Lipinski definition) is 4. The van der Waals surface area contributed by atoms with Gasteiger partial charge in [-0.15, -0.1) is 0 Å². The van der Waals surface area contributed by atoms with Crippen LogP contribution >= 0.6 is 0 Å². The lowest BCUT2D eigenvalue weighted by Gasteiger charge is -2.20. The summed E-state index contributed by atoms with van der Waals surface area (Å²) < 4.78 is 26.3. The molecule has 0 saturated carbocycles. The standard InChI is InChI=1S/C16H18N2O4S/c1-11(2)12-4-6-14(7-5-12)18(3)23(21,22)15-8-13(16(19)20)9-17-10-15/h4-11H,1-3H3,(H,19,20). The lowest BCUT2D eigenvalue weighted by atomic mass is 10.0. The Kier molecular flexibility index (Phi) is 4.70. The van der Waals surface area contributed by atoms with Gasteiger partial charge in [-0.25, -0.2) is 13.2 Å². The summed E-state index contributed by atoms with van der Waals surface area (Å²) in [6.45, 7) is 4.11. The van der Waals surface area contributed by atoms with Crippen molar-refractivity contribution in [2.45, 2.75) is 24.7 Å². The number of carboxylic acids is 1. The van der Waals surface area contributed by atoms with Gasteiger partial charge in [0.1, 0.15) is 4.90 Å². The summed E-state index contributed by atoms with van der Waals surface area (Å²) in [6, 6.07) is 8.29. The number of benzene rings is 1. The number of pyridine rings is 1. The maximum absolute atomic E-state index is 12.6. The minimum Gasteiger partial charge on any atom is -0.478 e. The molecule has 0 radical (unpaired) electrons. The molecule has 1 heterocycles. The predicted molar refractivity (Wildman–Crippen MR) is 87.3 cm³/mol. The summed E-state index contributed by atoms with van der Waals surface area (Å²) in [5.41, 5.74) is 1.43. The number of sulfonamides is 1. The topological polar surface area (TPSA) is 87.6 Å². The number of anilines is 1. The van der Waals surface area contributed by atoms with Gasteiger partial charge < -0.3 is 5.11 Å². The van der Waals surface area contributed by atoms with E-state index in [-0.39, 0.29) is 10.5 Å². The van der Waals surface area contributed by atoms with Gasteiger partial charge in [-0.1, -0.05) is 26.0 Å². The van der Waals surface area contributed by atoms with Crippen LogP contribution in [-0.2, 0) is 10.0 Å². The smallest absolute Gasteiger partial charge is 0.337 e. The molecule has 1 N–H and O–H groups in total. The number of aromatic nitrogens is 1. The number of hydrogen-bond donors (Lipinski definition) is 1. The van der Waals surface area contributed by atoms with E-state index in [0.717, 1.165) is 28.3 Å². The van der Waals surface area contributed by atoms with E-state index in [2.05, 4.69) is 18.8 Å². The fourth-order valence-corrected chi connectivity index (χ4v) is 3.23. The van der Waals surface area contributed by atoms with E-state index in [1.54, 1.807) is 12.1 Å². The van der Waals surface area contributed by atoms with Gasteiger partial charge in [0.25, 0.3) is 10.0 Å². The van der Waals surface area contributed by atoms with Gasteiger partial charge in [0.15, 0.2) is 0 Å². The Hall–Kier alpha value is -2.41. The van der Waals surface area contributed by atoms with Crippen molar-refractivity contribution in [2.75, 3.05) is 11.4 Å². The first-order valence-electron chi connectivity index (χ1n) is 7.00. The minimum atomic E-state index is -3.87. The summed E-state index contributed by atoms with van der Waals surface area (Å²) >= 11 is 0. The van der Waals surface area contributed by atoms with E-state index >= 15 is 0 Å². The fourth-order valence-electron chi connectivity index (χ4n) is 2.04. The van der Waals surface area contributed by atoms with Gasteiger partial charge in [0.2, 0.25) is 0 Å². The van der Waals surface area contributed by atoms with Crippen molar-refractivity contribution in [2.24, 2.45) is 0 Å². The molecule has 0 amide bonds. The molecule has 6 nitrogen and oxygen atoms in total. The zero-order valence-electron chi connectivity index (χ0n) is 13.1. The van der Waals surface area contributed by atoms with E-state index in [1.807, 2.05) is 12.1 Å². The Bertz CT molecular complexity index is 814. The van der Waals surface area contributed by atoms with Crippen LogP contribution in [0, 0.1) is 0 Å². The predicted octanol–water partition coefficient (Wildman–Crippen LogP) is 2.73. The quantitative estimate of drug-likeness (QED) is 0.908. The van der Waals surface area contributed by atoms with Crippen molar-refractivity contribution in [1.82, 2.24) is 4.98 Å². The lowest BCUT2D eigenvalue weighted by molar-refractivity contribution is 0.0696. The highest BCUT2D eigenvalue weighted by molar-refractivity contribution is 7.92. The molecule has 0 aliphatic carbocycles. The highest BCUT2D eigenvalue weighted by atomic mass is 32.2. The highest BCUT2D eigenvalue weighted by Crippen LogP contribution is 2.24. The molecule has 0 bridgehead atoms. The van der Waals surface area contributed by atoms with Crippen LogP contribution in [0.4, 0.5) is 5.69 Å². The summed E-state index contributed by atoms with van der Waals surface area (Å²) in [4.78, 5) is 14.5. The molecule has 122 valence electrons. The monoisotopic (exact) mass is 334 g/mol. The third kappa shape index (κ3) is 3.50. The van der Waals surface area contributed by atoms with E-state index in [4.69, 9.17) is 5.11 Å². The van der Waals surface area contributed by atoms with Crippen LogP contribution in [0.3, 0.4) is 0 Å². The molecule has 7 heteroatoms. The number of carboxylic acid groups (broad SMARTS) is 1. The Morgan fingerprint density at radius 1 is 1.17 bits per heavy atom. The molecular weight excluding hydrogens is 316 g/mol. The maximum atomic E-state index is 12.6. The molecule has 0 aliphatic heterocycles. The van der Waals surface area contributed by atoms with Gasteiger partial charge in [-0.2, -0.15) is 0 Å². The van der Waals surface area contributed by atoms with E-state index in [0.29, 0.717) is 11.6 Å². The second-order valence-electron chi connectivity index (χ2n) is 5.43. The first kappa shape index (κ1) is 17.0. The molecule has 1 aromatic heterocycles. The molecule has 0 unspecified atom stereocenters. The van der Waals surface area contributed by atoms with Gasteiger partial charge in [0.05, 0.1) is 11.3 Å². The summed E-state index contributed by atoms with van der Waals surface area (Å²) in [6.07, 6.45) is 2.25. The van der Waals surface area contributed by atoms with E-state index in [1.165, 1.54) is 7.05 Å². The average Bonchev–Trinajstić information content (AvgIpc) is 2.54. The van der Waals surface area contributed by atoms with Crippen LogP contribution in [0.25, 0.3) is 0 Å². The Morgan fingerprint density at radius 3 is 2.30 bits per heavy atom. The van der Waals surface area contributed by atoms with Gasteiger partial charge in [-0.05, 0) is 29.7 Å². The molecule has 0 aliphatic rings. The SMILES string of the molecule is CC(C)c1ccc(N(C)S(=O)(=O)c2cncc(C(=O)O)c2)cc1. The molecule has 0 saturated heterocycles. The Balaban J connectivity index is 2.38. The number of aromatic carboxylic acids is 1. The molecule has 0 fully saturated rings. The Labute approximate surface area is 135 Å². The van der Waals surface area contributed by atoms with Gasteiger partial charge in [-0.3, -0.25) is 9.29 Å². The highest BCUT2D eigenvalue weighted by Gasteiger charge is 2.23. The first-order valence-corrected chi connectivity index (χ1v) is 8.44. The van der Waals surface area contributed by atoms with Crippen molar-refractivity contribution < 1.29 is 18.3 Å². The summed E-state index contributed by atoms with van der Waals surface area (Å²) in [5, 5.41) is 8.96. The first-order chi connectivity index (χ1) is 10.7. The van der Waals surface area contributed by atoms with Crippen molar-refractivity contribution in [3.63, 3.8) is 0 Å². The molecule has 2 rings (SSSR count). The van der Waals surface area contributed by atoms with Crippen molar-refractivity contribution >= 4 is 21.7 Å². The van der Waals surface area contributed by atoms with Crippen molar-refractivity contribution in [1.29, 1.82) is 0 Å². The molecule has 23 heavy (non-hydrogen) atoms. The summed E-state index contributed by atoms with van der Waals surface area (Å²) in [5.74, 6) is -0.874. The van der Waals surface area contributed by atoms with Crippen molar-refractivity contribution in [3.8, 4) is 0 Å². The number of nitrogens with zero attached hydrogens (tertiary/aromatic N) is 2. The molecule has 1 aromatic carbocycles. The third-order valence-corrected chi connectivity index (χ3v) is 5.29. The summed E-state index contributed by atoms with van der Waals surface area (Å²) in [7, 11) is -2.45. The maximum Gasteiger partial charge on any atom is 0.337 e. The zero-order valence-corrected chi connectivity index (χ0v) is 13.9. The van der Waals surface area contributed by atoms with Crippen LogP contribution in [0.15, 0.2) is 47.6 Å². The van der Waals surface area contributed by atoms with Crippen LogP contribution in [0.2, 0.25) is 0 Å². The average molecular weight is 334 g/mol. The van der Waals surface area contributed by atoms with Gasteiger partial charge in [0, 0.05) is 19.4 Å². The van der Waals surface area contributed by atoms with Gasteiger partial charge >= 0.3 is 5.97 Å².